The first-order chi connectivity index (χ1) is 13.7. The predicted octanol–water partition coefficient (Wildman–Crippen LogP) is 2.46. The first kappa shape index (κ1) is 18.8. The lowest BCUT2D eigenvalue weighted by atomic mass is 10.3. The van der Waals surface area contributed by atoms with Crippen molar-refractivity contribution in [1.29, 1.82) is 5.41 Å². The Kier molecular flexibility index (Phi) is 5.78. The number of likely N-dealkylation sites (tertiary alicyclic amines) is 1. The Balaban J connectivity index is 1.49. The van der Waals surface area contributed by atoms with Crippen LogP contribution in [-0.4, -0.2) is 51.5 Å². The van der Waals surface area contributed by atoms with Crippen molar-refractivity contribution in [2.45, 2.75) is 32.0 Å². The Bertz CT molecular complexity index is 958. The number of para-hydroxylation sites is 3. The molecule has 1 saturated heterocycles. The molecule has 0 saturated carbocycles. The lowest BCUT2D eigenvalue weighted by molar-refractivity contribution is 0.0920. The van der Waals surface area contributed by atoms with E-state index in [0.717, 1.165) is 43.0 Å². The van der Waals surface area contributed by atoms with Crippen LogP contribution < -0.4 is 10.4 Å². The van der Waals surface area contributed by atoms with Crippen molar-refractivity contribution in [3.05, 3.63) is 60.2 Å². The van der Waals surface area contributed by atoms with E-state index in [4.69, 9.17) is 10.1 Å². The van der Waals surface area contributed by atoms with Crippen LogP contribution in [0.1, 0.15) is 12.8 Å². The Hall–Kier alpha value is -2.57. The Morgan fingerprint density at radius 1 is 0.893 bits per heavy atom. The van der Waals surface area contributed by atoms with E-state index in [9.17, 15) is 5.11 Å². The normalized spacial score (nSPS) is 15.9. The maximum Gasteiger partial charge on any atom is 0.203 e. The maximum atomic E-state index is 10.5. The average molecular weight is 380 g/mol. The number of hydrogen-bond donors (Lipinski definition) is 2. The lowest BCUT2D eigenvalue weighted by Gasteiger charge is -2.15. The summed E-state index contributed by atoms with van der Waals surface area (Å²) >= 11 is 0. The van der Waals surface area contributed by atoms with Crippen molar-refractivity contribution in [2.75, 3.05) is 26.2 Å². The second-order valence-electron chi connectivity index (χ2n) is 7.40. The lowest BCUT2D eigenvalue weighted by Crippen LogP contribution is -2.33. The SMILES string of the molecule is N=c1n(CCN2CCCC2)c2ccccc2n1CC(O)COc1ccccc1. The van der Waals surface area contributed by atoms with E-state index in [0.29, 0.717) is 12.2 Å². The molecule has 1 aliphatic heterocycles. The van der Waals surface area contributed by atoms with Gasteiger partial charge >= 0.3 is 0 Å². The number of hydrogen-bond acceptors (Lipinski definition) is 4. The number of benzene rings is 2. The number of aromatic nitrogens is 2. The monoisotopic (exact) mass is 380 g/mol. The molecule has 0 aliphatic carbocycles. The van der Waals surface area contributed by atoms with Gasteiger partial charge in [0.15, 0.2) is 0 Å². The standard InChI is InChI=1S/C22H28N4O2/c23-22-25(15-14-24-12-6-7-13-24)20-10-4-5-11-21(20)26(22)16-18(27)17-28-19-8-2-1-3-9-19/h1-5,8-11,18,23,27H,6-7,12-17H2. The number of imidazole rings is 1. The van der Waals surface area contributed by atoms with Crippen molar-refractivity contribution in [2.24, 2.45) is 0 Å². The van der Waals surface area contributed by atoms with Crippen molar-refractivity contribution in [3.63, 3.8) is 0 Å². The number of fused-ring (bicyclic) bond motifs is 1. The smallest absolute Gasteiger partial charge is 0.203 e. The third-order valence-electron chi connectivity index (χ3n) is 5.39. The van der Waals surface area contributed by atoms with Crippen molar-refractivity contribution in [3.8, 4) is 5.75 Å². The second kappa shape index (κ2) is 8.63. The van der Waals surface area contributed by atoms with Gasteiger partial charge in [-0.2, -0.15) is 0 Å². The van der Waals surface area contributed by atoms with E-state index >= 15 is 0 Å². The van der Waals surface area contributed by atoms with Gasteiger partial charge in [-0.25, -0.2) is 0 Å². The fraction of sp³-hybridized carbons (Fsp3) is 0.409. The molecule has 2 aromatic carbocycles. The number of rotatable bonds is 8. The molecule has 6 heteroatoms. The van der Waals surface area contributed by atoms with E-state index in [1.54, 1.807) is 0 Å². The molecule has 0 bridgehead atoms. The van der Waals surface area contributed by atoms with Gasteiger partial charge in [-0.1, -0.05) is 30.3 Å². The minimum Gasteiger partial charge on any atom is -0.491 e. The molecule has 148 valence electrons. The molecule has 6 nitrogen and oxygen atoms in total. The second-order valence-corrected chi connectivity index (χ2v) is 7.40. The number of aliphatic hydroxyl groups excluding tert-OH is 1. The molecule has 1 atom stereocenters. The zero-order chi connectivity index (χ0) is 19.3. The summed E-state index contributed by atoms with van der Waals surface area (Å²) in [5, 5.41) is 19.2. The van der Waals surface area contributed by atoms with E-state index in [-0.39, 0.29) is 6.61 Å². The zero-order valence-electron chi connectivity index (χ0n) is 16.1. The molecule has 1 aliphatic rings. The van der Waals surface area contributed by atoms with Crippen LogP contribution >= 0.6 is 0 Å². The van der Waals surface area contributed by atoms with Gasteiger partial charge in [0.05, 0.1) is 17.6 Å². The van der Waals surface area contributed by atoms with E-state index < -0.39 is 6.10 Å². The maximum absolute atomic E-state index is 10.5. The third-order valence-corrected chi connectivity index (χ3v) is 5.39. The molecule has 2 N–H and O–H groups in total. The van der Waals surface area contributed by atoms with E-state index in [1.165, 1.54) is 12.8 Å². The Morgan fingerprint density at radius 3 is 2.25 bits per heavy atom. The number of ether oxygens (including phenoxy) is 1. The average Bonchev–Trinajstić information content (AvgIpc) is 3.33. The third kappa shape index (κ3) is 4.13. The highest BCUT2D eigenvalue weighted by Crippen LogP contribution is 2.15. The largest absolute Gasteiger partial charge is 0.491 e. The van der Waals surface area contributed by atoms with Crippen molar-refractivity contribution < 1.29 is 9.84 Å². The van der Waals surface area contributed by atoms with Crippen LogP contribution in [0.2, 0.25) is 0 Å². The highest BCUT2D eigenvalue weighted by molar-refractivity contribution is 5.75. The van der Waals surface area contributed by atoms with Crippen LogP contribution in [0.4, 0.5) is 0 Å². The minimum absolute atomic E-state index is 0.198. The van der Waals surface area contributed by atoms with Gasteiger partial charge in [0.1, 0.15) is 18.5 Å². The first-order valence-electron chi connectivity index (χ1n) is 10.0. The highest BCUT2D eigenvalue weighted by Gasteiger charge is 2.16. The van der Waals surface area contributed by atoms with Gasteiger partial charge in [-0.15, -0.1) is 0 Å². The summed E-state index contributed by atoms with van der Waals surface area (Å²) < 4.78 is 9.62. The quantitative estimate of drug-likeness (QED) is 0.631. The first-order valence-corrected chi connectivity index (χ1v) is 10.0. The van der Waals surface area contributed by atoms with Crippen LogP contribution in [-0.2, 0) is 13.1 Å². The van der Waals surface area contributed by atoms with Crippen molar-refractivity contribution >= 4 is 11.0 Å². The molecule has 0 radical (unpaired) electrons. The fourth-order valence-corrected chi connectivity index (χ4v) is 3.93. The molecule has 2 heterocycles. The molecular weight excluding hydrogens is 352 g/mol. The Labute approximate surface area is 165 Å². The zero-order valence-corrected chi connectivity index (χ0v) is 16.1. The van der Waals surface area contributed by atoms with Crippen molar-refractivity contribution in [1.82, 2.24) is 14.0 Å². The summed E-state index contributed by atoms with van der Waals surface area (Å²) in [6.45, 7) is 4.60. The van der Waals surface area contributed by atoms with Crippen LogP contribution in [0.3, 0.4) is 0 Å². The topological polar surface area (TPSA) is 66.4 Å². The van der Waals surface area contributed by atoms with Crippen LogP contribution in [0, 0.1) is 5.41 Å². The predicted molar refractivity (Wildman–Crippen MR) is 109 cm³/mol. The van der Waals surface area contributed by atoms with Gasteiger partial charge in [0.25, 0.3) is 0 Å². The molecule has 3 aromatic rings. The summed E-state index contributed by atoms with van der Waals surface area (Å²) in [6, 6.07) is 17.6. The molecular formula is C22H28N4O2. The highest BCUT2D eigenvalue weighted by atomic mass is 16.5. The summed E-state index contributed by atoms with van der Waals surface area (Å²) in [5.74, 6) is 0.741. The summed E-state index contributed by atoms with van der Waals surface area (Å²) in [7, 11) is 0. The van der Waals surface area contributed by atoms with E-state index in [2.05, 4.69) is 15.5 Å². The van der Waals surface area contributed by atoms with Crippen LogP contribution in [0.15, 0.2) is 54.6 Å². The van der Waals surface area contributed by atoms with Gasteiger partial charge in [-0.05, 0) is 50.2 Å². The number of aliphatic hydroxyl groups is 1. The molecule has 1 aromatic heterocycles. The van der Waals surface area contributed by atoms with Gasteiger partial charge in [0, 0.05) is 13.1 Å². The Morgan fingerprint density at radius 2 is 1.54 bits per heavy atom. The van der Waals surface area contributed by atoms with Crippen LogP contribution in [0.25, 0.3) is 11.0 Å². The summed E-state index contributed by atoms with van der Waals surface area (Å²) in [5.41, 5.74) is 2.45. The number of nitrogens with zero attached hydrogens (tertiary/aromatic N) is 3. The number of nitrogens with one attached hydrogen (secondary N) is 1. The van der Waals surface area contributed by atoms with Gasteiger partial charge in [0.2, 0.25) is 5.62 Å². The summed E-state index contributed by atoms with van der Waals surface area (Å²) in [6.07, 6.45) is 1.86. The van der Waals surface area contributed by atoms with E-state index in [1.807, 2.05) is 53.1 Å². The molecule has 1 fully saturated rings. The molecule has 4 rings (SSSR count). The minimum atomic E-state index is -0.688. The summed E-state index contributed by atoms with van der Waals surface area (Å²) in [4.78, 5) is 2.46. The molecule has 28 heavy (non-hydrogen) atoms. The fourth-order valence-electron chi connectivity index (χ4n) is 3.93. The molecule has 1 unspecified atom stereocenters. The molecule has 0 amide bonds. The van der Waals surface area contributed by atoms with Gasteiger partial charge < -0.3 is 23.9 Å². The molecule has 0 spiro atoms. The van der Waals surface area contributed by atoms with Crippen LogP contribution in [0.5, 0.6) is 5.75 Å². The van der Waals surface area contributed by atoms with Gasteiger partial charge in [-0.3, -0.25) is 5.41 Å².